The third-order valence-corrected chi connectivity index (χ3v) is 2.76. The molecule has 0 radical (unpaired) electrons. The van der Waals surface area contributed by atoms with E-state index in [1.807, 2.05) is 51.1 Å². The highest BCUT2D eigenvalue weighted by Crippen LogP contribution is 2.18. The number of aromatic nitrogens is 2. The topological polar surface area (TPSA) is 56.3 Å². The molecule has 0 bridgehead atoms. The molecule has 0 aliphatic rings. The Morgan fingerprint density at radius 2 is 1.67 bits per heavy atom. The van der Waals surface area contributed by atoms with Gasteiger partial charge in [0.25, 0.3) is 0 Å². The van der Waals surface area contributed by atoms with Crippen molar-refractivity contribution in [1.82, 2.24) is 9.97 Å². The Hall–Kier alpha value is -2.30. The molecule has 0 saturated carbocycles. The van der Waals surface area contributed by atoms with Crippen molar-refractivity contribution in [2.24, 2.45) is 0 Å². The van der Waals surface area contributed by atoms with E-state index in [0.29, 0.717) is 19.0 Å². The molecule has 0 aliphatic heterocycles. The number of benzene rings is 1. The van der Waals surface area contributed by atoms with Gasteiger partial charge >= 0.3 is 0 Å². The summed E-state index contributed by atoms with van der Waals surface area (Å²) in [5.41, 5.74) is 0.922. The molecular formula is C16H21N3O2. The molecule has 0 fully saturated rings. The average molecular weight is 287 g/mol. The van der Waals surface area contributed by atoms with Crippen LogP contribution in [-0.4, -0.2) is 23.1 Å². The number of aryl methyl sites for hydroxylation is 1. The van der Waals surface area contributed by atoms with E-state index in [0.717, 1.165) is 29.6 Å². The maximum atomic E-state index is 5.70. The summed E-state index contributed by atoms with van der Waals surface area (Å²) in [5, 5.41) is 3.19. The molecule has 5 nitrogen and oxygen atoms in total. The monoisotopic (exact) mass is 287 g/mol. The summed E-state index contributed by atoms with van der Waals surface area (Å²) in [6.07, 6.45) is 0. The van der Waals surface area contributed by atoms with Crippen molar-refractivity contribution < 1.29 is 9.47 Å². The van der Waals surface area contributed by atoms with Crippen LogP contribution in [0.1, 0.15) is 25.4 Å². The van der Waals surface area contributed by atoms with Crippen molar-refractivity contribution in [3.63, 3.8) is 0 Å². The first-order valence-electron chi connectivity index (χ1n) is 7.15. The van der Waals surface area contributed by atoms with Gasteiger partial charge in [0.2, 0.25) is 0 Å². The Balaban J connectivity index is 1.98. The van der Waals surface area contributed by atoms with Crippen LogP contribution in [0.5, 0.6) is 11.5 Å². The molecule has 1 aromatic heterocycles. The molecule has 2 aromatic rings. The molecule has 2 rings (SSSR count). The van der Waals surface area contributed by atoms with Gasteiger partial charge in [-0.1, -0.05) is 0 Å². The van der Waals surface area contributed by atoms with E-state index in [1.54, 1.807) is 0 Å². The maximum Gasteiger partial charge on any atom is 0.168 e. The highest BCUT2D eigenvalue weighted by molar-refractivity contribution is 5.35. The Kier molecular flexibility index (Phi) is 5.37. The molecule has 0 atom stereocenters. The van der Waals surface area contributed by atoms with Crippen LogP contribution in [-0.2, 0) is 6.61 Å². The lowest BCUT2D eigenvalue weighted by atomic mass is 10.3. The van der Waals surface area contributed by atoms with Crippen LogP contribution < -0.4 is 14.8 Å². The highest BCUT2D eigenvalue weighted by Gasteiger charge is 2.03. The second kappa shape index (κ2) is 7.47. The van der Waals surface area contributed by atoms with E-state index in [4.69, 9.17) is 9.47 Å². The summed E-state index contributed by atoms with van der Waals surface area (Å²) in [5.74, 6) is 3.11. The lowest BCUT2D eigenvalue weighted by Crippen LogP contribution is -2.07. The number of nitrogens with zero attached hydrogens (tertiary/aromatic N) is 2. The fraction of sp³-hybridized carbons (Fsp3) is 0.375. The quantitative estimate of drug-likeness (QED) is 0.847. The Morgan fingerprint density at radius 3 is 2.29 bits per heavy atom. The van der Waals surface area contributed by atoms with Crippen LogP contribution in [0.15, 0.2) is 30.3 Å². The van der Waals surface area contributed by atoms with E-state index in [-0.39, 0.29) is 0 Å². The van der Waals surface area contributed by atoms with Crippen LogP contribution in [0.4, 0.5) is 5.82 Å². The molecule has 1 aromatic carbocycles. The Labute approximate surface area is 125 Å². The Morgan fingerprint density at radius 1 is 1.00 bits per heavy atom. The molecule has 0 spiro atoms. The predicted molar refractivity (Wildman–Crippen MR) is 82.9 cm³/mol. The minimum Gasteiger partial charge on any atom is -0.494 e. The zero-order chi connectivity index (χ0) is 15.1. The van der Waals surface area contributed by atoms with Gasteiger partial charge in [-0.25, -0.2) is 9.97 Å². The minimum atomic E-state index is 0.341. The second-order valence-corrected chi connectivity index (χ2v) is 4.53. The summed E-state index contributed by atoms with van der Waals surface area (Å²) in [7, 11) is 0. The molecule has 0 saturated heterocycles. The van der Waals surface area contributed by atoms with Gasteiger partial charge in [-0.3, -0.25) is 0 Å². The molecule has 5 heteroatoms. The van der Waals surface area contributed by atoms with Crippen LogP contribution in [0, 0.1) is 6.92 Å². The number of rotatable bonds is 7. The van der Waals surface area contributed by atoms with Gasteiger partial charge in [0.15, 0.2) is 5.82 Å². The number of ether oxygens (including phenoxy) is 2. The standard InChI is InChI=1S/C16H21N3O2/c1-4-17-15-10-12(3)18-16(19-15)11-21-14-8-6-13(7-9-14)20-5-2/h6-10H,4-5,11H2,1-3H3,(H,17,18,19). The van der Waals surface area contributed by atoms with Crippen LogP contribution in [0.25, 0.3) is 0 Å². The fourth-order valence-electron chi connectivity index (χ4n) is 1.91. The van der Waals surface area contributed by atoms with Crippen LogP contribution in [0.3, 0.4) is 0 Å². The Bertz CT molecular complexity index is 570. The minimum absolute atomic E-state index is 0.341. The zero-order valence-corrected chi connectivity index (χ0v) is 12.7. The first-order valence-corrected chi connectivity index (χ1v) is 7.15. The van der Waals surface area contributed by atoms with Crippen molar-refractivity contribution in [2.75, 3.05) is 18.5 Å². The van der Waals surface area contributed by atoms with E-state index in [9.17, 15) is 0 Å². The summed E-state index contributed by atoms with van der Waals surface area (Å²) < 4.78 is 11.1. The maximum absolute atomic E-state index is 5.70. The first kappa shape index (κ1) is 15.1. The molecule has 1 N–H and O–H groups in total. The largest absolute Gasteiger partial charge is 0.494 e. The van der Waals surface area contributed by atoms with E-state index < -0.39 is 0 Å². The molecule has 0 aliphatic carbocycles. The predicted octanol–water partition coefficient (Wildman–Crippen LogP) is 3.19. The molecule has 21 heavy (non-hydrogen) atoms. The molecule has 0 amide bonds. The number of nitrogens with one attached hydrogen (secondary N) is 1. The first-order chi connectivity index (χ1) is 10.2. The smallest absolute Gasteiger partial charge is 0.168 e. The number of hydrogen-bond acceptors (Lipinski definition) is 5. The second-order valence-electron chi connectivity index (χ2n) is 4.53. The fourth-order valence-corrected chi connectivity index (χ4v) is 1.91. The lowest BCUT2D eigenvalue weighted by Gasteiger charge is -2.09. The van der Waals surface area contributed by atoms with Gasteiger partial charge in [-0.2, -0.15) is 0 Å². The van der Waals surface area contributed by atoms with Crippen molar-refractivity contribution in [3.05, 3.63) is 41.9 Å². The van der Waals surface area contributed by atoms with Gasteiger partial charge in [0.1, 0.15) is 23.9 Å². The van der Waals surface area contributed by atoms with E-state index in [1.165, 1.54) is 0 Å². The van der Waals surface area contributed by atoms with Gasteiger partial charge in [-0.05, 0) is 45.0 Å². The molecule has 1 heterocycles. The van der Waals surface area contributed by atoms with Gasteiger partial charge < -0.3 is 14.8 Å². The number of anilines is 1. The van der Waals surface area contributed by atoms with E-state index >= 15 is 0 Å². The van der Waals surface area contributed by atoms with E-state index in [2.05, 4.69) is 15.3 Å². The van der Waals surface area contributed by atoms with Gasteiger partial charge in [0.05, 0.1) is 6.61 Å². The molecule has 0 unspecified atom stereocenters. The zero-order valence-electron chi connectivity index (χ0n) is 12.7. The summed E-state index contributed by atoms with van der Waals surface area (Å²) >= 11 is 0. The van der Waals surface area contributed by atoms with Crippen LogP contribution >= 0.6 is 0 Å². The third-order valence-electron chi connectivity index (χ3n) is 2.76. The normalized spacial score (nSPS) is 10.2. The summed E-state index contributed by atoms with van der Waals surface area (Å²) in [6, 6.07) is 9.46. The van der Waals surface area contributed by atoms with Crippen molar-refractivity contribution in [2.45, 2.75) is 27.4 Å². The van der Waals surface area contributed by atoms with Gasteiger partial charge in [-0.15, -0.1) is 0 Å². The van der Waals surface area contributed by atoms with Gasteiger partial charge in [0, 0.05) is 18.3 Å². The highest BCUT2D eigenvalue weighted by atomic mass is 16.5. The number of hydrogen-bond donors (Lipinski definition) is 1. The molecule has 112 valence electrons. The SMILES string of the molecule is CCNc1cc(C)nc(COc2ccc(OCC)cc2)n1. The average Bonchev–Trinajstić information content (AvgIpc) is 2.47. The summed E-state index contributed by atoms with van der Waals surface area (Å²) in [6.45, 7) is 7.77. The third kappa shape index (κ3) is 4.63. The van der Waals surface area contributed by atoms with Crippen molar-refractivity contribution in [1.29, 1.82) is 0 Å². The summed E-state index contributed by atoms with van der Waals surface area (Å²) in [4.78, 5) is 8.79. The van der Waals surface area contributed by atoms with Crippen LogP contribution in [0.2, 0.25) is 0 Å². The molecular weight excluding hydrogens is 266 g/mol. The van der Waals surface area contributed by atoms with Crippen molar-refractivity contribution >= 4 is 5.82 Å². The lowest BCUT2D eigenvalue weighted by molar-refractivity contribution is 0.294. The van der Waals surface area contributed by atoms with Crippen molar-refractivity contribution in [3.8, 4) is 11.5 Å².